The molecule has 0 amide bonds. The Balaban J connectivity index is 2.08. The van der Waals surface area contributed by atoms with Crippen molar-refractivity contribution >= 4 is 0 Å². The molecular weight excluding hydrogens is 433 g/mol. The zero-order valence-electron chi connectivity index (χ0n) is 20.6. The minimum Gasteiger partial charge on any atom is -0.435 e. The first-order chi connectivity index (χ1) is 16.4. The van der Waals surface area contributed by atoms with Crippen LogP contribution >= 0.6 is 0 Å². The number of aliphatic hydroxyl groups excluding tert-OH is 1. The van der Waals surface area contributed by atoms with E-state index in [2.05, 4.69) is 25.7 Å². The van der Waals surface area contributed by atoms with Crippen molar-refractivity contribution in [1.82, 2.24) is 14.7 Å². The lowest BCUT2D eigenvalue weighted by atomic mass is 10.0. The molecule has 0 bridgehead atoms. The van der Waals surface area contributed by atoms with Crippen LogP contribution in [0.2, 0.25) is 0 Å². The average molecular weight is 470 g/mol. The molecule has 0 aliphatic carbocycles. The van der Waals surface area contributed by atoms with Gasteiger partial charge in [-0.25, -0.2) is 9.07 Å². The fraction of sp³-hybridized carbons (Fsp3) is 0.444. The highest BCUT2D eigenvalue weighted by atomic mass is 19.1. The predicted octanol–water partition coefficient (Wildman–Crippen LogP) is 5.54. The van der Waals surface area contributed by atoms with Crippen LogP contribution in [0.4, 0.5) is 4.39 Å². The van der Waals surface area contributed by atoms with Gasteiger partial charge in [0.15, 0.2) is 11.6 Å². The molecule has 0 saturated heterocycles. The van der Waals surface area contributed by atoms with Gasteiger partial charge in [0.1, 0.15) is 0 Å². The predicted molar refractivity (Wildman–Crippen MR) is 132 cm³/mol. The second-order valence-electron chi connectivity index (χ2n) is 8.77. The zero-order chi connectivity index (χ0) is 24.5. The number of hydrogen-bond acceptors (Lipinski definition) is 5. The van der Waals surface area contributed by atoms with Crippen molar-refractivity contribution < 1.29 is 19.0 Å². The number of para-hydroxylation sites is 2. The van der Waals surface area contributed by atoms with Crippen LogP contribution in [0.5, 0.6) is 11.6 Å². The van der Waals surface area contributed by atoms with E-state index in [1.165, 1.54) is 6.07 Å². The highest BCUT2D eigenvalue weighted by Crippen LogP contribution is 2.35. The van der Waals surface area contributed by atoms with Gasteiger partial charge in [-0.2, -0.15) is 5.10 Å². The van der Waals surface area contributed by atoms with Gasteiger partial charge < -0.3 is 14.6 Å². The molecule has 0 saturated carbocycles. The molecule has 1 N–H and O–H groups in total. The van der Waals surface area contributed by atoms with Gasteiger partial charge in [-0.15, -0.1) is 0 Å². The molecule has 1 unspecified atom stereocenters. The summed E-state index contributed by atoms with van der Waals surface area (Å²) in [5.41, 5.74) is 2.58. The fourth-order valence-corrected chi connectivity index (χ4v) is 3.95. The van der Waals surface area contributed by atoms with E-state index in [-0.39, 0.29) is 11.7 Å². The van der Waals surface area contributed by atoms with Gasteiger partial charge in [-0.1, -0.05) is 57.5 Å². The molecule has 1 aromatic heterocycles. The minimum absolute atomic E-state index is 0.118. The van der Waals surface area contributed by atoms with Crippen LogP contribution in [-0.2, 0) is 11.3 Å². The van der Waals surface area contributed by atoms with Gasteiger partial charge in [0.2, 0.25) is 5.88 Å². The lowest BCUT2D eigenvalue weighted by molar-refractivity contribution is 0.0794. The molecule has 2 aromatic carbocycles. The summed E-state index contributed by atoms with van der Waals surface area (Å²) < 4.78 is 27.9. The molecule has 7 heteroatoms. The Labute approximate surface area is 201 Å². The molecule has 3 rings (SSSR count). The SMILES string of the molecule is CCCC(O)CN(CCOC)Cc1c(C(C)C)nn(-c2ccccc2)c1Oc1ccccc1F. The number of nitrogens with zero attached hydrogens (tertiary/aromatic N) is 3. The van der Waals surface area contributed by atoms with E-state index in [9.17, 15) is 9.50 Å². The third kappa shape index (κ3) is 6.65. The first-order valence-electron chi connectivity index (χ1n) is 11.9. The Bertz CT molecular complexity index is 1020. The molecule has 3 aromatic rings. The summed E-state index contributed by atoms with van der Waals surface area (Å²) in [7, 11) is 1.67. The van der Waals surface area contributed by atoms with E-state index in [1.807, 2.05) is 30.3 Å². The summed E-state index contributed by atoms with van der Waals surface area (Å²) in [4.78, 5) is 2.15. The van der Waals surface area contributed by atoms with Gasteiger partial charge in [0.05, 0.1) is 29.7 Å². The monoisotopic (exact) mass is 469 g/mol. The molecule has 1 heterocycles. The summed E-state index contributed by atoms with van der Waals surface area (Å²) in [5.74, 6) is 0.306. The van der Waals surface area contributed by atoms with E-state index in [1.54, 1.807) is 30.0 Å². The number of methoxy groups -OCH3 is 1. The first-order valence-corrected chi connectivity index (χ1v) is 11.9. The quantitative estimate of drug-likeness (QED) is 0.356. The van der Waals surface area contributed by atoms with Crippen molar-refractivity contribution in [2.24, 2.45) is 0 Å². The van der Waals surface area contributed by atoms with E-state index >= 15 is 0 Å². The molecule has 6 nitrogen and oxygen atoms in total. The maximum absolute atomic E-state index is 14.6. The summed E-state index contributed by atoms with van der Waals surface area (Å²) in [6.07, 6.45) is 1.19. The maximum atomic E-state index is 14.6. The van der Waals surface area contributed by atoms with Crippen LogP contribution in [0.1, 0.15) is 50.8 Å². The minimum atomic E-state index is -0.440. The van der Waals surface area contributed by atoms with Crippen molar-refractivity contribution in [3.63, 3.8) is 0 Å². The zero-order valence-corrected chi connectivity index (χ0v) is 20.6. The van der Waals surface area contributed by atoms with E-state index < -0.39 is 11.9 Å². The van der Waals surface area contributed by atoms with E-state index in [0.717, 1.165) is 29.8 Å². The average Bonchev–Trinajstić information content (AvgIpc) is 3.17. The highest BCUT2D eigenvalue weighted by molar-refractivity contribution is 5.44. The number of halogens is 1. The lowest BCUT2D eigenvalue weighted by Crippen LogP contribution is -2.34. The highest BCUT2D eigenvalue weighted by Gasteiger charge is 2.26. The van der Waals surface area contributed by atoms with Crippen LogP contribution in [0.25, 0.3) is 5.69 Å². The van der Waals surface area contributed by atoms with Gasteiger partial charge in [0.25, 0.3) is 0 Å². The summed E-state index contributed by atoms with van der Waals surface area (Å²) in [5, 5.41) is 15.4. The van der Waals surface area contributed by atoms with Crippen LogP contribution in [0.3, 0.4) is 0 Å². The standard InChI is InChI=1S/C27H36FN3O3/c1-5-11-22(32)18-30(16-17-33-4)19-23-26(20(2)3)29-31(21-12-7-6-8-13-21)27(23)34-25-15-10-9-14-24(25)28/h6-10,12-15,20,22,32H,5,11,16-19H2,1-4H3. The molecular formula is C27H36FN3O3. The molecule has 34 heavy (non-hydrogen) atoms. The van der Waals surface area contributed by atoms with Crippen molar-refractivity contribution in [2.45, 2.75) is 52.2 Å². The summed E-state index contributed by atoms with van der Waals surface area (Å²) in [6.45, 7) is 8.40. The van der Waals surface area contributed by atoms with Crippen LogP contribution < -0.4 is 4.74 Å². The smallest absolute Gasteiger partial charge is 0.227 e. The fourth-order valence-electron chi connectivity index (χ4n) is 3.95. The largest absolute Gasteiger partial charge is 0.435 e. The van der Waals surface area contributed by atoms with E-state index in [0.29, 0.717) is 32.1 Å². The van der Waals surface area contributed by atoms with Gasteiger partial charge in [-0.3, -0.25) is 4.90 Å². The normalized spacial score (nSPS) is 12.5. The van der Waals surface area contributed by atoms with Crippen LogP contribution in [0, 0.1) is 5.82 Å². The van der Waals surface area contributed by atoms with Gasteiger partial charge in [0, 0.05) is 26.7 Å². The van der Waals surface area contributed by atoms with Crippen LogP contribution in [0.15, 0.2) is 54.6 Å². The van der Waals surface area contributed by atoms with Crippen molar-refractivity contribution in [3.8, 4) is 17.3 Å². The van der Waals surface area contributed by atoms with Crippen molar-refractivity contribution in [3.05, 3.63) is 71.7 Å². The van der Waals surface area contributed by atoms with Gasteiger partial charge >= 0.3 is 0 Å². The first kappa shape index (κ1) is 25.9. The molecule has 184 valence electrons. The number of hydrogen-bond donors (Lipinski definition) is 1. The third-order valence-electron chi connectivity index (χ3n) is 5.64. The third-order valence-corrected chi connectivity index (χ3v) is 5.64. The summed E-state index contributed by atoms with van der Waals surface area (Å²) >= 11 is 0. The lowest BCUT2D eigenvalue weighted by Gasteiger charge is -2.25. The molecule has 0 spiro atoms. The number of aliphatic hydroxyl groups is 1. The Morgan fingerprint density at radius 3 is 2.44 bits per heavy atom. The molecule has 0 fully saturated rings. The Morgan fingerprint density at radius 1 is 1.09 bits per heavy atom. The van der Waals surface area contributed by atoms with Crippen LogP contribution in [-0.4, -0.2) is 52.7 Å². The second-order valence-corrected chi connectivity index (χ2v) is 8.77. The topological polar surface area (TPSA) is 59.8 Å². The number of ether oxygens (including phenoxy) is 2. The Hall–Kier alpha value is -2.74. The summed E-state index contributed by atoms with van der Waals surface area (Å²) in [6, 6.07) is 16.1. The van der Waals surface area contributed by atoms with Gasteiger partial charge in [-0.05, 0) is 36.6 Å². The Kier molecular flexibility index (Phi) is 9.62. The Morgan fingerprint density at radius 2 is 1.79 bits per heavy atom. The molecule has 1 atom stereocenters. The molecule has 0 radical (unpaired) electrons. The van der Waals surface area contributed by atoms with Crippen molar-refractivity contribution in [2.75, 3.05) is 26.8 Å². The van der Waals surface area contributed by atoms with E-state index in [4.69, 9.17) is 14.6 Å². The maximum Gasteiger partial charge on any atom is 0.227 e. The molecule has 0 aliphatic rings. The number of aromatic nitrogens is 2. The van der Waals surface area contributed by atoms with Crippen molar-refractivity contribution in [1.29, 1.82) is 0 Å². The number of benzene rings is 2. The number of rotatable bonds is 13. The second kappa shape index (κ2) is 12.6. The molecule has 0 aliphatic heterocycles.